The summed E-state index contributed by atoms with van der Waals surface area (Å²) in [5.74, 6) is -0.123. The van der Waals surface area contributed by atoms with Crippen molar-refractivity contribution in [1.82, 2.24) is 5.32 Å². The number of methoxy groups -OCH3 is 1. The lowest BCUT2D eigenvalue weighted by Crippen LogP contribution is -2.28. The van der Waals surface area contributed by atoms with Gasteiger partial charge in [-0.05, 0) is 29.8 Å². The number of hydrogen-bond acceptors (Lipinski definition) is 3. The molecule has 0 saturated carbocycles. The van der Waals surface area contributed by atoms with Gasteiger partial charge in [-0.2, -0.15) is 13.2 Å². The number of alkyl halides is 3. The molecule has 0 saturated heterocycles. The highest BCUT2D eigenvalue weighted by atomic mass is 19.4. The number of benzene rings is 2. The molecule has 0 aliphatic rings. The lowest BCUT2D eigenvalue weighted by atomic mass is 10.1. The summed E-state index contributed by atoms with van der Waals surface area (Å²) >= 11 is 0. The zero-order valence-corrected chi connectivity index (χ0v) is 12.8. The monoisotopic (exact) mass is 339 g/mol. The van der Waals surface area contributed by atoms with Crippen LogP contribution in [-0.2, 0) is 6.18 Å². The van der Waals surface area contributed by atoms with Crippen molar-refractivity contribution in [2.75, 3.05) is 13.7 Å². The number of halogens is 3. The number of carbonyl (C=O) groups excluding carboxylic acids is 1. The highest BCUT2D eigenvalue weighted by Gasteiger charge is 2.30. The molecular weight excluding hydrogens is 323 g/mol. The van der Waals surface area contributed by atoms with Gasteiger partial charge in [-0.3, -0.25) is 4.79 Å². The van der Waals surface area contributed by atoms with Crippen LogP contribution in [0.25, 0.3) is 0 Å². The summed E-state index contributed by atoms with van der Waals surface area (Å²) in [6.45, 7) is -0.224. The third kappa shape index (κ3) is 4.26. The topological polar surface area (TPSA) is 58.6 Å². The lowest BCUT2D eigenvalue weighted by Gasteiger charge is -2.15. The Morgan fingerprint density at radius 1 is 1.21 bits per heavy atom. The molecule has 2 N–H and O–H groups in total. The second-order valence-electron chi connectivity index (χ2n) is 5.05. The van der Waals surface area contributed by atoms with Gasteiger partial charge in [-0.25, -0.2) is 0 Å². The summed E-state index contributed by atoms with van der Waals surface area (Å²) in [6.07, 6.45) is -5.75. The average molecular weight is 339 g/mol. The van der Waals surface area contributed by atoms with Crippen molar-refractivity contribution >= 4 is 5.91 Å². The van der Waals surface area contributed by atoms with Gasteiger partial charge in [0.1, 0.15) is 5.75 Å². The standard InChI is InChI=1S/C17H16F3NO3/c1-24-15-8-3-2-7-13(15)16(23)21-10-14(22)11-5-4-6-12(9-11)17(18,19)20/h2-9,14,22H,10H2,1H3,(H,21,23). The van der Waals surface area contributed by atoms with Crippen LogP contribution in [0.2, 0.25) is 0 Å². The third-order valence-electron chi connectivity index (χ3n) is 3.41. The lowest BCUT2D eigenvalue weighted by molar-refractivity contribution is -0.137. The quantitative estimate of drug-likeness (QED) is 0.880. The molecule has 2 aromatic carbocycles. The van der Waals surface area contributed by atoms with E-state index in [9.17, 15) is 23.1 Å². The fraction of sp³-hybridized carbons (Fsp3) is 0.235. The molecule has 1 amide bonds. The Hall–Kier alpha value is -2.54. The van der Waals surface area contributed by atoms with Crippen molar-refractivity contribution in [3.8, 4) is 5.75 Å². The maximum atomic E-state index is 12.7. The maximum absolute atomic E-state index is 12.7. The van der Waals surface area contributed by atoms with Gasteiger partial charge in [0.25, 0.3) is 5.91 Å². The molecule has 0 spiro atoms. The minimum atomic E-state index is -4.49. The number of para-hydroxylation sites is 1. The number of aliphatic hydroxyl groups is 1. The van der Waals surface area contributed by atoms with Crippen LogP contribution in [0.5, 0.6) is 5.75 Å². The molecule has 0 heterocycles. The molecule has 2 aromatic rings. The summed E-state index contributed by atoms with van der Waals surface area (Å²) in [6, 6.07) is 10.9. The van der Waals surface area contributed by atoms with Crippen LogP contribution in [0.1, 0.15) is 27.6 Å². The second kappa shape index (κ2) is 7.35. The van der Waals surface area contributed by atoms with Crippen molar-refractivity contribution < 1.29 is 27.8 Å². The largest absolute Gasteiger partial charge is 0.496 e. The first kappa shape index (κ1) is 17.8. The highest BCUT2D eigenvalue weighted by molar-refractivity contribution is 5.96. The average Bonchev–Trinajstić information content (AvgIpc) is 2.58. The van der Waals surface area contributed by atoms with E-state index in [0.29, 0.717) is 5.75 Å². The van der Waals surface area contributed by atoms with E-state index < -0.39 is 23.8 Å². The molecule has 2 rings (SSSR count). The molecule has 128 valence electrons. The summed E-state index contributed by atoms with van der Waals surface area (Å²) in [5.41, 5.74) is -0.503. The fourth-order valence-corrected chi connectivity index (χ4v) is 2.16. The van der Waals surface area contributed by atoms with Crippen LogP contribution in [0.3, 0.4) is 0 Å². The molecule has 1 atom stereocenters. The number of amides is 1. The molecule has 0 fully saturated rings. The number of rotatable bonds is 5. The van der Waals surface area contributed by atoms with Crippen molar-refractivity contribution in [2.24, 2.45) is 0 Å². The molecule has 0 radical (unpaired) electrons. The van der Waals surface area contributed by atoms with E-state index in [1.807, 2.05) is 0 Å². The van der Waals surface area contributed by atoms with E-state index in [1.165, 1.54) is 19.2 Å². The van der Waals surface area contributed by atoms with Crippen molar-refractivity contribution in [3.05, 3.63) is 65.2 Å². The smallest absolute Gasteiger partial charge is 0.416 e. The first-order valence-corrected chi connectivity index (χ1v) is 7.09. The van der Waals surface area contributed by atoms with E-state index in [4.69, 9.17) is 4.74 Å². The molecule has 4 nitrogen and oxygen atoms in total. The van der Waals surface area contributed by atoms with Crippen LogP contribution in [0, 0.1) is 0 Å². The Labute approximate surface area is 136 Å². The van der Waals surface area contributed by atoms with Crippen LogP contribution in [0.15, 0.2) is 48.5 Å². The van der Waals surface area contributed by atoms with E-state index >= 15 is 0 Å². The Morgan fingerprint density at radius 2 is 1.92 bits per heavy atom. The van der Waals surface area contributed by atoms with E-state index in [2.05, 4.69) is 5.32 Å². The minimum absolute atomic E-state index is 0.0742. The van der Waals surface area contributed by atoms with Crippen molar-refractivity contribution in [1.29, 1.82) is 0 Å². The predicted molar refractivity (Wildman–Crippen MR) is 81.7 cm³/mol. The summed E-state index contributed by atoms with van der Waals surface area (Å²) < 4.78 is 43.1. The molecule has 0 aliphatic heterocycles. The number of hydrogen-bond donors (Lipinski definition) is 2. The molecule has 24 heavy (non-hydrogen) atoms. The molecule has 1 unspecified atom stereocenters. The Balaban J connectivity index is 2.05. The van der Waals surface area contributed by atoms with E-state index in [-0.39, 0.29) is 17.7 Å². The molecule has 0 aliphatic carbocycles. The summed E-state index contributed by atoms with van der Waals surface area (Å²) in [7, 11) is 1.42. The Kier molecular flexibility index (Phi) is 5.46. The van der Waals surface area contributed by atoms with Gasteiger partial charge in [0, 0.05) is 6.54 Å². The number of carbonyl (C=O) groups is 1. The maximum Gasteiger partial charge on any atom is 0.416 e. The van der Waals surface area contributed by atoms with Crippen LogP contribution < -0.4 is 10.1 Å². The van der Waals surface area contributed by atoms with E-state index in [1.54, 1.807) is 24.3 Å². The van der Waals surface area contributed by atoms with Gasteiger partial charge in [-0.1, -0.05) is 24.3 Å². The zero-order chi connectivity index (χ0) is 17.7. The van der Waals surface area contributed by atoms with Gasteiger partial charge in [0.2, 0.25) is 0 Å². The number of ether oxygens (including phenoxy) is 1. The normalized spacial score (nSPS) is 12.5. The van der Waals surface area contributed by atoms with Crippen molar-refractivity contribution in [3.63, 3.8) is 0 Å². The molecule has 7 heteroatoms. The van der Waals surface area contributed by atoms with Gasteiger partial charge in [-0.15, -0.1) is 0 Å². The molecule has 0 aromatic heterocycles. The van der Waals surface area contributed by atoms with Gasteiger partial charge in [0.15, 0.2) is 0 Å². The summed E-state index contributed by atoms with van der Waals surface area (Å²) in [5, 5.41) is 12.5. The Bertz CT molecular complexity index is 716. The summed E-state index contributed by atoms with van der Waals surface area (Å²) in [4.78, 5) is 12.1. The predicted octanol–water partition coefficient (Wildman–Crippen LogP) is 3.18. The molecular formula is C17H16F3NO3. The van der Waals surface area contributed by atoms with E-state index in [0.717, 1.165) is 12.1 Å². The first-order chi connectivity index (χ1) is 11.3. The SMILES string of the molecule is COc1ccccc1C(=O)NCC(O)c1cccc(C(F)(F)F)c1. The fourth-order valence-electron chi connectivity index (χ4n) is 2.16. The van der Waals surface area contributed by atoms with Crippen LogP contribution in [-0.4, -0.2) is 24.7 Å². The first-order valence-electron chi connectivity index (χ1n) is 7.09. The highest BCUT2D eigenvalue weighted by Crippen LogP contribution is 2.30. The van der Waals surface area contributed by atoms with Crippen molar-refractivity contribution in [2.45, 2.75) is 12.3 Å². The van der Waals surface area contributed by atoms with Gasteiger partial charge < -0.3 is 15.2 Å². The minimum Gasteiger partial charge on any atom is -0.496 e. The van der Waals surface area contributed by atoms with Crippen LogP contribution >= 0.6 is 0 Å². The van der Waals surface area contributed by atoms with Crippen LogP contribution in [0.4, 0.5) is 13.2 Å². The number of aliphatic hydroxyl groups excluding tert-OH is 1. The van der Waals surface area contributed by atoms with Gasteiger partial charge >= 0.3 is 6.18 Å². The molecule has 0 bridgehead atoms. The zero-order valence-electron chi connectivity index (χ0n) is 12.8. The third-order valence-corrected chi connectivity index (χ3v) is 3.41. The Morgan fingerprint density at radius 3 is 2.58 bits per heavy atom. The second-order valence-corrected chi connectivity index (χ2v) is 5.05. The van der Waals surface area contributed by atoms with Gasteiger partial charge in [0.05, 0.1) is 24.3 Å². The number of nitrogens with one attached hydrogen (secondary N) is 1.